The lowest BCUT2D eigenvalue weighted by Gasteiger charge is -2.11. The van der Waals surface area contributed by atoms with Crippen LogP contribution in [0.3, 0.4) is 0 Å². The van der Waals surface area contributed by atoms with Crippen molar-refractivity contribution in [2.45, 2.75) is 27.2 Å². The van der Waals surface area contributed by atoms with Gasteiger partial charge in [-0.3, -0.25) is 4.79 Å². The van der Waals surface area contributed by atoms with Gasteiger partial charge in [0.25, 0.3) is 0 Å². The van der Waals surface area contributed by atoms with Crippen LogP contribution in [0.5, 0.6) is 0 Å². The van der Waals surface area contributed by atoms with Crippen LogP contribution in [0.1, 0.15) is 27.2 Å². The predicted molar refractivity (Wildman–Crippen MR) is 54.9 cm³/mol. The zero-order valence-electron chi connectivity index (χ0n) is 8.86. The second-order valence-corrected chi connectivity index (χ2v) is 5.98. The highest BCUT2D eigenvalue weighted by atomic mass is 32.2. The molecule has 2 unspecified atom stereocenters. The predicted octanol–water partition coefficient (Wildman–Crippen LogP) is 1.17. The number of hydrogen-bond donors (Lipinski definition) is 1. The molecule has 0 aliphatic rings. The number of carboxylic acid groups (broad SMARTS) is 1. The van der Waals surface area contributed by atoms with E-state index < -0.39 is 21.7 Å². The van der Waals surface area contributed by atoms with Gasteiger partial charge in [-0.15, -0.1) is 0 Å². The Balaban J connectivity index is 4.28. The molecule has 0 saturated heterocycles. The van der Waals surface area contributed by atoms with Crippen molar-refractivity contribution < 1.29 is 18.3 Å². The maximum absolute atomic E-state index is 11.5. The Labute approximate surface area is 85.2 Å². The minimum atomic E-state index is -3.22. The Hall–Kier alpha value is -0.580. The van der Waals surface area contributed by atoms with Crippen LogP contribution in [-0.2, 0) is 14.6 Å². The molecular weight excluding hydrogens is 204 g/mol. The third kappa shape index (κ3) is 5.21. The van der Waals surface area contributed by atoms with Gasteiger partial charge in [0.2, 0.25) is 0 Å². The van der Waals surface area contributed by atoms with Crippen molar-refractivity contribution in [3.63, 3.8) is 0 Å². The molecule has 0 spiro atoms. The number of aliphatic carboxylic acids is 1. The average Bonchev–Trinajstić information content (AvgIpc) is 2.02. The lowest BCUT2D eigenvalue weighted by atomic mass is 10.2. The van der Waals surface area contributed by atoms with E-state index in [2.05, 4.69) is 0 Å². The van der Waals surface area contributed by atoms with Crippen molar-refractivity contribution in [1.82, 2.24) is 0 Å². The molecule has 0 aliphatic heterocycles. The Morgan fingerprint density at radius 1 is 1.29 bits per heavy atom. The van der Waals surface area contributed by atoms with Crippen molar-refractivity contribution in [3.05, 3.63) is 0 Å². The first-order valence-electron chi connectivity index (χ1n) is 4.71. The van der Waals surface area contributed by atoms with E-state index in [4.69, 9.17) is 5.11 Å². The Morgan fingerprint density at radius 2 is 1.79 bits per heavy atom. The van der Waals surface area contributed by atoms with Gasteiger partial charge in [0.1, 0.15) is 0 Å². The van der Waals surface area contributed by atoms with Crippen molar-refractivity contribution in [2.75, 3.05) is 11.5 Å². The van der Waals surface area contributed by atoms with Gasteiger partial charge >= 0.3 is 5.97 Å². The van der Waals surface area contributed by atoms with Crippen LogP contribution in [0, 0.1) is 11.8 Å². The highest BCUT2D eigenvalue weighted by Gasteiger charge is 2.22. The topological polar surface area (TPSA) is 71.4 Å². The highest BCUT2D eigenvalue weighted by molar-refractivity contribution is 7.91. The maximum Gasteiger partial charge on any atom is 0.307 e. The van der Waals surface area contributed by atoms with E-state index in [1.807, 2.05) is 13.8 Å². The van der Waals surface area contributed by atoms with E-state index in [-0.39, 0.29) is 17.4 Å². The molecule has 0 saturated carbocycles. The molecule has 0 bridgehead atoms. The van der Waals surface area contributed by atoms with Crippen LogP contribution in [0.2, 0.25) is 0 Å². The van der Waals surface area contributed by atoms with E-state index in [0.29, 0.717) is 0 Å². The van der Waals surface area contributed by atoms with Crippen molar-refractivity contribution in [3.8, 4) is 0 Å². The van der Waals surface area contributed by atoms with E-state index in [1.54, 1.807) is 0 Å². The molecule has 0 aliphatic carbocycles. The van der Waals surface area contributed by atoms with Crippen molar-refractivity contribution in [1.29, 1.82) is 0 Å². The lowest BCUT2D eigenvalue weighted by molar-refractivity contribution is -0.140. The van der Waals surface area contributed by atoms with E-state index in [9.17, 15) is 13.2 Å². The van der Waals surface area contributed by atoms with Crippen molar-refractivity contribution in [2.24, 2.45) is 11.8 Å². The number of hydrogen-bond acceptors (Lipinski definition) is 3. The van der Waals surface area contributed by atoms with Crippen LogP contribution in [0.15, 0.2) is 0 Å². The number of rotatable bonds is 6. The molecule has 2 atom stereocenters. The van der Waals surface area contributed by atoms with Gasteiger partial charge in [0, 0.05) is 0 Å². The van der Waals surface area contributed by atoms with Gasteiger partial charge in [-0.05, 0) is 5.92 Å². The van der Waals surface area contributed by atoms with Crippen LogP contribution >= 0.6 is 0 Å². The summed E-state index contributed by atoms with van der Waals surface area (Å²) in [5.41, 5.74) is 0. The largest absolute Gasteiger partial charge is 0.481 e. The fourth-order valence-corrected chi connectivity index (χ4v) is 3.21. The summed E-state index contributed by atoms with van der Waals surface area (Å²) < 4.78 is 22.9. The van der Waals surface area contributed by atoms with E-state index in [1.165, 1.54) is 6.92 Å². The monoisotopic (exact) mass is 222 g/mol. The molecule has 0 radical (unpaired) electrons. The third-order valence-corrected chi connectivity index (χ3v) is 4.25. The zero-order chi connectivity index (χ0) is 11.4. The molecule has 0 rings (SSSR count). The molecule has 14 heavy (non-hydrogen) atoms. The molecule has 0 aromatic heterocycles. The van der Waals surface area contributed by atoms with Crippen LogP contribution in [0.4, 0.5) is 0 Å². The molecule has 0 amide bonds. The quantitative estimate of drug-likeness (QED) is 0.732. The normalized spacial score (nSPS) is 16.2. The van der Waals surface area contributed by atoms with Gasteiger partial charge in [-0.2, -0.15) is 0 Å². The number of carbonyl (C=O) groups is 1. The summed E-state index contributed by atoms with van der Waals surface area (Å²) in [6.45, 7) is 5.18. The summed E-state index contributed by atoms with van der Waals surface area (Å²) in [5, 5.41) is 8.57. The summed E-state index contributed by atoms with van der Waals surface area (Å²) >= 11 is 0. The first-order chi connectivity index (χ1) is 6.28. The van der Waals surface area contributed by atoms with Crippen LogP contribution < -0.4 is 0 Å². The highest BCUT2D eigenvalue weighted by Crippen LogP contribution is 2.09. The fourth-order valence-electron chi connectivity index (χ4n) is 1.07. The smallest absolute Gasteiger partial charge is 0.307 e. The first kappa shape index (κ1) is 13.4. The van der Waals surface area contributed by atoms with Gasteiger partial charge in [-0.25, -0.2) is 8.42 Å². The Morgan fingerprint density at radius 3 is 2.14 bits per heavy atom. The number of sulfone groups is 1. The molecule has 84 valence electrons. The molecule has 1 N–H and O–H groups in total. The fraction of sp³-hybridized carbons (Fsp3) is 0.889. The molecule has 0 heterocycles. The summed E-state index contributed by atoms with van der Waals surface area (Å²) in [5.74, 6) is -1.95. The van der Waals surface area contributed by atoms with E-state index in [0.717, 1.165) is 6.42 Å². The zero-order valence-corrected chi connectivity index (χ0v) is 9.67. The molecule has 5 heteroatoms. The third-order valence-electron chi connectivity index (χ3n) is 2.16. The standard InChI is InChI=1S/C9H18O4S/c1-4-7(2)5-14(12,13)6-8(3)9(10)11/h7-8H,4-6H2,1-3H3,(H,10,11). The second kappa shape index (κ2) is 5.34. The van der Waals surface area contributed by atoms with Crippen molar-refractivity contribution >= 4 is 15.8 Å². The van der Waals surface area contributed by atoms with E-state index >= 15 is 0 Å². The molecule has 0 fully saturated rings. The summed E-state index contributed by atoms with van der Waals surface area (Å²) in [7, 11) is -3.22. The SMILES string of the molecule is CCC(C)CS(=O)(=O)CC(C)C(=O)O. The van der Waals surface area contributed by atoms with Gasteiger partial charge in [0.05, 0.1) is 17.4 Å². The van der Waals surface area contributed by atoms with Gasteiger partial charge in [0.15, 0.2) is 9.84 Å². The minimum absolute atomic E-state index is 0.0844. The molecular formula is C9H18O4S. The molecule has 0 aromatic rings. The average molecular weight is 222 g/mol. The minimum Gasteiger partial charge on any atom is -0.481 e. The summed E-state index contributed by atoms with van der Waals surface area (Å²) in [6, 6.07) is 0. The molecule has 0 aromatic carbocycles. The summed E-state index contributed by atoms with van der Waals surface area (Å²) in [4.78, 5) is 10.5. The maximum atomic E-state index is 11.5. The molecule has 4 nitrogen and oxygen atoms in total. The van der Waals surface area contributed by atoms with Crippen LogP contribution in [0.25, 0.3) is 0 Å². The second-order valence-electron chi connectivity index (χ2n) is 3.83. The van der Waals surface area contributed by atoms with Gasteiger partial charge in [-0.1, -0.05) is 27.2 Å². The Kier molecular flexibility index (Phi) is 5.12. The first-order valence-corrected chi connectivity index (χ1v) is 6.54. The Bertz CT molecular complexity index is 281. The number of carboxylic acids is 1. The lowest BCUT2D eigenvalue weighted by Crippen LogP contribution is -2.25. The van der Waals surface area contributed by atoms with Gasteiger partial charge < -0.3 is 5.11 Å². The van der Waals surface area contributed by atoms with Crippen LogP contribution in [-0.4, -0.2) is 31.0 Å². The summed E-state index contributed by atoms with van der Waals surface area (Å²) in [6.07, 6.45) is 0.792.